The third kappa shape index (κ3) is 3.57. The van der Waals surface area contributed by atoms with E-state index in [1.54, 1.807) is 0 Å². The number of nitrogen functional groups attached to an aromatic ring is 1. The molecule has 0 aliphatic carbocycles. The van der Waals surface area contributed by atoms with E-state index in [0.717, 1.165) is 47.6 Å². The highest BCUT2D eigenvalue weighted by atomic mass is 14.9. The largest absolute Gasteiger partial charge is 0.397 e. The molecular formula is C21H23N3. The smallest absolute Gasteiger partial charge is 0.0726 e. The fraction of sp³-hybridized carbons (Fsp3) is 0.190. The summed E-state index contributed by atoms with van der Waals surface area (Å²) in [5, 5.41) is 3.49. The van der Waals surface area contributed by atoms with Crippen LogP contribution in [-0.2, 0) is 6.42 Å². The van der Waals surface area contributed by atoms with Gasteiger partial charge in [-0.25, -0.2) is 0 Å². The number of pyridine rings is 1. The monoisotopic (exact) mass is 317 g/mol. The van der Waals surface area contributed by atoms with Crippen molar-refractivity contribution in [1.82, 2.24) is 4.98 Å². The molecule has 122 valence electrons. The van der Waals surface area contributed by atoms with Gasteiger partial charge in [0.2, 0.25) is 0 Å². The first-order valence-electron chi connectivity index (χ1n) is 8.44. The van der Waals surface area contributed by atoms with E-state index < -0.39 is 0 Å². The fourth-order valence-corrected chi connectivity index (χ4v) is 2.84. The summed E-state index contributed by atoms with van der Waals surface area (Å²) in [7, 11) is 0. The van der Waals surface area contributed by atoms with Crippen LogP contribution in [0.5, 0.6) is 0 Å². The Balaban J connectivity index is 2.11. The number of nitrogens with two attached hydrogens (primary N) is 1. The first-order chi connectivity index (χ1) is 11.8. The summed E-state index contributed by atoms with van der Waals surface area (Å²) >= 11 is 0. The van der Waals surface area contributed by atoms with Gasteiger partial charge in [0.05, 0.1) is 17.1 Å². The highest BCUT2D eigenvalue weighted by Gasteiger charge is 2.15. The first kappa shape index (κ1) is 16.1. The normalized spacial score (nSPS) is 10.5. The Morgan fingerprint density at radius 3 is 2.46 bits per heavy atom. The second-order valence-electron chi connectivity index (χ2n) is 5.87. The molecule has 3 heteroatoms. The van der Waals surface area contributed by atoms with Crippen LogP contribution in [0, 0.1) is 0 Å². The molecule has 0 aliphatic heterocycles. The average molecular weight is 317 g/mol. The molecular weight excluding hydrogens is 294 g/mol. The van der Waals surface area contributed by atoms with Gasteiger partial charge in [-0.1, -0.05) is 43.7 Å². The van der Waals surface area contributed by atoms with Gasteiger partial charge in [-0.05, 0) is 48.7 Å². The third-order valence-corrected chi connectivity index (χ3v) is 4.09. The minimum absolute atomic E-state index is 0.736. The predicted octanol–water partition coefficient (Wildman–Crippen LogP) is 5.42. The topological polar surface area (TPSA) is 50.9 Å². The molecule has 3 aromatic rings. The first-order valence-corrected chi connectivity index (χ1v) is 8.44. The van der Waals surface area contributed by atoms with Crippen molar-refractivity contribution in [2.75, 3.05) is 11.1 Å². The van der Waals surface area contributed by atoms with Crippen LogP contribution in [0.1, 0.15) is 25.3 Å². The van der Waals surface area contributed by atoms with E-state index >= 15 is 0 Å². The lowest BCUT2D eigenvalue weighted by molar-refractivity contribution is 0.796. The Labute approximate surface area is 143 Å². The van der Waals surface area contributed by atoms with Crippen LogP contribution in [-0.4, -0.2) is 4.98 Å². The van der Waals surface area contributed by atoms with E-state index in [1.165, 1.54) is 5.56 Å². The van der Waals surface area contributed by atoms with Crippen molar-refractivity contribution in [3.05, 3.63) is 72.4 Å². The number of rotatable bonds is 6. The van der Waals surface area contributed by atoms with E-state index in [4.69, 9.17) is 5.73 Å². The number of nitrogens with zero attached hydrogens (tertiary/aromatic N) is 1. The number of hydrogen-bond donors (Lipinski definition) is 2. The Morgan fingerprint density at radius 2 is 1.75 bits per heavy atom. The maximum Gasteiger partial charge on any atom is 0.0726 e. The molecule has 0 unspecified atom stereocenters. The molecule has 1 heterocycles. The maximum absolute atomic E-state index is 6.31. The molecule has 0 aliphatic rings. The average Bonchev–Trinajstić information content (AvgIpc) is 2.64. The van der Waals surface area contributed by atoms with Gasteiger partial charge < -0.3 is 11.1 Å². The minimum Gasteiger partial charge on any atom is -0.397 e. The molecule has 3 rings (SSSR count). The molecule has 24 heavy (non-hydrogen) atoms. The quantitative estimate of drug-likeness (QED) is 0.597. The van der Waals surface area contributed by atoms with Crippen molar-refractivity contribution in [3.8, 4) is 11.3 Å². The number of benzene rings is 2. The lowest BCUT2D eigenvalue weighted by atomic mass is 9.96. The lowest BCUT2D eigenvalue weighted by Gasteiger charge is -2.18. The number of nitrogens with one attached hydrogen (secondary N) is 1. The standard InChI is InChI=1S/C21H23N3/c1-2-3-9-16-13-14-18(22)21(24-17-10-5-4-6-11-17)20(16)19-12-7-8-15-23-19/h4-8,10-15,24H,2-3,9,22H2,1H3. The molecule has 0 saturated carbocycles. The van der Waals surface area contributed by atoms with Crippen LogP contribution in [0.15, 0.2) is 66.9 Å². The van der Waals surface area contributed by atoms with Crippen LogP contribution in [0.25, 0.3) is 11.3 Å². The number of aromatic nitrogens is 1. The molecule has 0 saturated heterocycles. The second kappa shape index (κ2) is 7.64. The number of unbranched alkanes of at least 4 members (excludes halogenated alkanes) is 1. The molecule has 2 aromatic carbocycles. The van der Waals surface area contributed by atoms with Crippen molar-refractivity contribution in [2.24, 2.45) is 0 Å². The van der Waals surface area contributed by atoms with Gasteiger partial charge in [0.25, 0.3) is 0 Å². The van der Waals surface area contributed by atoms with Gasteiger partial charge in [0.15, 0.2) is 0 Å². The predicted molar refractivity (Wildman–Crippen MR) is 102 cm³/mol. The number of para-hydroxylation sites is 1. The molecule has 0 bridgehead atoms. The number of hydrogen-bond acceptors (Lipinski definition) is 3. The van der Waals surface area contributed by atoms with Crippen molar-refractivity contribution in [1.29, 1.82) is 0 Å². The highest BCUT2D eigenvalue weighted by Crippen LogP contribution is 2.37. The number of anilines is 3. The van der Waals surface area contributed by atoms with Crippen LogP contribution >= 0.6 is 0 Å². The zero-order valence-corrected chi connectivity index (χ0v) is 14.0. The molecule has 0 atom stereocenters. The van der Waals surface area contributed by atoms with Gasteiger partial charge in [-0.2, -0.15) is 0 Å². The molecule has 0 fully saturated rings. The van der Waals surface area contributed by atoms with E-state index in [9.17, 15) is 0 Å². The van der Waals surface area contributed by atoms with Crippen LogP contribution < -0.4 is 11.1 Å². The summed E-state index contributed by atoms with van der Waals surface area (Å²) in [5.41, 5.74) is 12.3. The summed E-state index contributed by atoms with van der Waals surface area (Å²) in [4.78, 5) is 4.57. The maximum atomic E-state index is 6.31. The summed E-state index contributed by atoms with van der Waals surface area (Å²) in [6, 6.07) is 20.2. The second-order valence-corrected chi connectivity index (χ2v) is 5.87. The van der Waals surface area contributed by atoms with Gasteiger partial charge >= 0.3 is 0 Å². The highest BCUT2D eigenvalue weighted by molar-refractivity contribution is 5.89. The Morgan fingerprint density at radius 1 is 0.958 bits per heavy atom. The molecule has 0 radical (unpaired) electrons. The van der Waals surface area contributed by atoms with Crippen molar-refractivity contribution >= 4 is 17.1 Å². The summed E-state index contributed by atoms with van der Waals surface area (Å²) in [5.74, 6) is 0. The van der Waals surface area contributed by atoms with Crippen molar-refractivity contribution < 1.29 is 0 Å². The Kier molecular flexibility index (Phi) is 5.12. The Hall–Kier alpha value is -2.81. The summed E-state index contributed by atoms with van der Waals surface area (Å²) in [6.45, 7) is 2.21. The van der Waals surface area contributed by atoms with Crippen molar-refractivity contribution in [3.63, 3.8) is 0 Å². The van der Waals surface area contributed by atoms with Gasteiger partial charge in [-0.3, -0.25) is 4.98 Å². The SMILES string of the molecule is CCCCc1ccc(N)c(Nc2ccccc2)c1-c1ccccn1. The Bertz CT molecular complexity index is 783. The molecule has 3 N–H and O–H groups in total. The van der Waals surface area contributed by atoms with E-state index in [1.807, 2.05) is 60.8 Å². The van der Waals surface area contributed by atoms with Gasteiger partial charge in [0, 0.05) is 17.4 Å². The third-order valence-electron chi connectivity index (χ3n) is 4.09. The van der Waals surface area contributed by atoms with Crippen LogP contribution in [0.4, 0.5) is 17.1 Å². The van der Waals surface area contributed by atoms with Gasteiger partial charge in [0.1, 0.15) is 0 Å². The molecule has 0 spiro atoms. The summed E-state index contributed by atoms with van der Waals surface area (Å²) < 4.78 is 0. The van der Waals surface area contributed by atoms with E-state index in [-0.39, 0.29) is 0 Å². The van der Waals surface area contributed by atoms with E-state index in [0.29, 0.717) is 0 Å². The van der Waals surface area contributed by atoms with Gasteiger partial charge in [-0.15, -0.1) is 0 Å². The fourth-order valence-electron chi connectivity index (χ4n) is 2.84. The molecule has 3 nitrogen and oxygen atoms in total. The van der Waals surface area contributed by atoms with E-state index in [2.05, 4.69) is 23.3 Å². The van der Waals surface area contributed by atoms with Crippen LogP contribution in [0.2, 0.25) is 0 Å². The summed E-state index contributed by atoms with van der Waals surface area (Å²) in [6.07, 6.45) is 5.16. The zero-order chi connectivity index (χ0) is 16.8. The number of aryl methyl sites for hydroxylation is 1. The lowest BCUT2D eigenvalue weighted by Crippen LogP contribution is -2.03. The minimum atomic E-state index is 0.736. The zero-order valence-electron chi connectivity index (χ0n) is 14.0. The molecule has 1 aromatic heterocycles. The van der Waals surface area contributed by atoms with Crippen molar-refractivity contribution in [2.45, 2.75) is 26.2 Å². The van der Waals surface area contributed by atoms with Crippen LogP contribution in [0.3, 0.4) is 0 Å². The molecule has 0 amide bonds.